The van der Waals surface area contributed by atoms with Crippen molar-refractivity contribution in [3.63, 3.8) is 0 Å². The molecule has 112 valence electrons. The maximum absolute atomic E-state index is 12.3. The number of methoxy groups -OCH3 is 1. The van der Waals surface area contributed by atoms with Gasteiger partial charge in [0.2, 0.25) is 11.8 Å². The van der Waals surface area contributed by atoms with Crippen molar-refractivity contribution in [1.82, 2.24) is 0 Å². The molecule has 2 rings (SSSR count). The maximum Gasteiger partial charge on any atom is 0.236 e. The van der Waals surface area contributed by atoms with Crippen LogP contribution >= 0.6 is 0 Å². The lowest BCUT2D eigenvalue weighted by Crippen LogP contribution is -2.32. The van der Waals surface area contributed by atoms with Gasteiger partial charge in [-0.2, -0.15) is 0 Å². The van der Waals surface area contributed by atoms with Gasteiger partial charge in [-0.05, 0) is 26.0 Å². The van der Waals surface area contributed by atoms with E-state index >= 15 is 0 Å². The molecule has 0 fully saturated rings. The molecule has 1 aromatic carbocycles. The third kappa shape index (κ3) is 3.07. The fourth-order valence-electron chi connectivity index (χ4n) is 2.21. The van der Waals surface area contributed by atoms with Crippen LogP contribution in [0.3, 0.4) is 0 Å². The number of benzene rings is 1. The van der Waals surface area contributed by atoms with Crippen molar-refractivity contribution in [2.24, 2.45) is 0 Å². The summed E-state index contributed by atoms with van der Waals surface area (Å²) in [7, 11) is 3.25. The van der Waals surface area contributed by atoms with E-state index in [0.29, 0.717) is 18.0 Å². The van der Waals surface area contributed by atoms with Crippen LogP contribution in [0, 0.1) is 0 Å². The minimum Gasteiger partial charge on any atom is -0.497 e. The molecule has 0 spiro atoms. The highest BCUT2D eigenvalue weighted by Gasteiger charge is 2.29. The number of carbonyl (C=O) groups is 2. The predicted molar refractivity (Wildman–Crippen MR) is 82.8 cm³/mol. The first-order valence-corrected chi connectivity index (χ1v) is 6.82. The highest BCUT2D eigenvalue weighted by atomic mass is 16.5. The van der Waals surface area contributed by atoms with Crippen LogP contribution in [-0.2, 0) is 9.59 Å². The molecule has 1 aliphatic rings. The zero-order valence-electron chi connectivity index (χ0n) is 12.8. The van der Waals surface area contributed by atoms with E-state index in [4.69, 9.17) is 4.74 Å². The largest absolute Gasteiger partial charge is 0.497 e. The second-order valence-electron chi connectivity index (χ2n) is 5.27. The Kier molecular flexibility index (Phi) is 4.31. The van der Waals surface area contributed by atoms with Crippen molar-refractivity contribution >= 4 is 23.2 Å². The van der Waals surface area contributed by atoms with Crippen molar-refractivity contribution in [1.29, 1.82) is 0 Å². The molecule has 1 heterocycles. The molecule has 2 amide bonds. The van der Waals surface area contributed by atoms with Crippen LogP contribution in [0.1, 0.15) is 20.3 Å². The van der Waals surface area contributed by atoms with Gasteiger partial charge in [0.05, 0.1) is 18.5 Å². The van der Waals surface area contributed by atoms with Gasteiger partial charge in [0.1, 0.15) is 12.2 Å². The van der Waals surface area contributed by atoms with Gasteiger partial charge in [0.25, 0.3) is 0 Å². The van der Waals surface area contributed by atoms with Crippen molar-refractivity contribution in [3.8, 4) is 5.75 Å². The first-order valence-electron chi connectivity index (χ1n) is 6.82. The third-order valence-corrected chi connectivity index (χ3v) is 3.49. The summed E-state index contributed by atoms with van der Waals surface area (Å²) < 4.78 is 5.21. The number of allylic oxidation sites excluding steroid dienone is 1. The van der Waals surface area contributed by atoms with Crippen LogP contribution in [-0.4, -0.2) is 32.5 Å². The fraction of sp³-hybridized carbons (Fsp3) is 0.375. The van der Waals surface area contributed by atoms with Crippen molar-refractivity contribution < 1.29 is 14.3 Å². The van der Waals surface area contributed by atoms with E-state index in [1.807, 2.05) is 26.0 Å². The Morgan fingerprint density at radius 2 is 1.95 bits per heavy atom. The van der Waals surface area contributed by atoms with Gasteiger partial charge >= 0.3 is 0 Å². The number of anilines is 2. The minimum atomic E-state index is -0.214. The normalized spacial score (nSPS) is 14.7. The van der Waals surface area contributed by atoms with Gasteiger partial charge in [-0.3, -0.25) is 9.59 Å². The van der Waals surface area contributed by atoms with E-state index in [9.17, 15) is 9.59 Å². The highest BCUT2D eigenvalue weighted by Crippen LogP contribution is 2.35. The van der Waals surface area contributed by atoms with Crippen LogP contribution in [0.25, 0.3) is 0 Å². The number of rotatable bonds is 3. The van der Waals surface area contributed by atoms with Crippen LogP contribution in [0.15, 0.2) is 29.8 Å². The lowest BCUT2D eigenvalue weighted by molar-refractivity contribution is -0.125. The number of nitrogens with zero attached hydrogens (tertiary/aromatic N) is 2. The standard InChI is InChI=1S/C16H20N2O3/c1-11(2)7-8-18-13-6-5-12(21-4)9-14(13)17(3)15(19)10-16(18)20/h5-7,9H,8,10H2,1-4H3. The smallest absolute Gasteiger partial charge is 0.236 e. The average Bonchev–Trinajstić information content (AvgIpc) is 2.53. The molecule has 1 aliphatic heterocycles. The Balaban J connectivity index is 2.52. The molecule has 0 N–H and O–H groups in total. The molecule has 5 heteroatoms. The van der Waals surface area contributed by atoms with Gasteiger partial charge in [-0.25, -0.2) is 0 Å². The van der Waals surface area contributed by atoms with Crippen LogP contribution in [0.2, 0.25) is 0 Å². The number of fused-ring (bicyclic) bond motifs is 1. The summed E-state index contributed by atoms with van der Waals surface area (Å²) >= 11 is 0. The molecule has 21 heavy (non-hydrogen) atoms. The zero-order valence-corrected chi connectivity index (χ0v) is 12.8. The number of amides is 2. The molecule has 0 saturated heterocycles. The van der Waals surface area contributed by atoms with Gasteiger partial charge < -0.3 is 14.5 Å². The quantitative estimate of drug-likeness (QED) is 0.634. The summed E-state index contributed by atoms with van der Waals surface area (Å²) in [5, 5.41) is 0. The molecule has 1 aromatic rings. The lowest BCUT2D eigenvalue weighted by atomic mass is 10.2. The molecule has 0 unspecified atom stereocenters. The molecule has 0 saturated carbocycles. The van der Waals surface area contributed by atoms with Gasteiger partial charge in [0.15, 0.2) is 0 Å². The Hall–Kier alpha value is -2.30. The highest BCUT2D eigenvalue weighted by molar-refractivity contribution is 6.15. The summed E-state index contributed by atoms with van der Waals surface area (Å²) in [5.41, 5.74) is 2.54. The van der Waals surface area contributed by atoms with E-state index in [1.165, 1.54) is 4.90 Å². The maximum atomic E-state index is 12.3. The van der Waals surface area contributed by atoms with Crippen molar-refractivity contribution in [3.05, 3.63) is 29.8 Å². The van der Waals surface area contributed by atoms with Crippen LogP contribution in [0.4, 0.5) is 11.4 Å². The molecule has 0 atom stereocenters. The second-order valence-corrected chi connectivity index (χ2v) is 5.27. The Bertz CT molecular complexity index is 604. The van der Waals surface area contributed by atoms with Gasteiger partial charge in [-0.1, -0.05) is 11.6 Å². The summed E-state index contributed by atoms with van der Waals surface area (Å²) in [6.07, 6.45) is 1.85. The van der Waals surface area contributed by atoms with E-state index in [1.54, 1.807) is 31.2 Å². The molecule has 0 aliphatic carbocycles. The van der Waals surface area contributed by atoms with Crippen molar-refractivity contribution in [2.75, 3.05) is 30.5 Å². The molecule has 0 aromatic heterocycles. The van der Waals surface area contributed by atoms with Crippen molar-refractivity contribution in [2.45, 2.75) is 20.3 Å². The van der Waals surface area contributed by atoms with E-state index in [-0.39, 0.29) is 18.2 Å². The summed E-state index contributed by atoms with van der Waals surface area (Å²) in [6, 6.07) is 5.40. The molecule has 0 radical (unpaired) electrons. The SMILES string of the molecule is COc1ccc2c(c1)N(C)C(=O)CC(=O)N2CC=C(C)C. The van der Waals surface area contributed by atoms with E-state index in [2.05, 4.69) is 0 Å². The molecule has 0 bridgehead atoms. The van der Waals surface area contributed by atoms with E-state index < -0.39 is 0 Å². The van der Waals surface area contributed by atoms with Gasteiger partial charge in [0, 0.05) is 19.7 Å². The first-order chi connectivity index (χ1) is 9.93. The molecular formula is C16H20N2O3. The number of carbonyl (C=O) groups excluding carboxylic acids is 2. The van der Waals surface area contributed by atoms with Crippen LogP contribution in [0.5, 0.6) is 5.75 Å². The Labute approximate surface area is 124 Å². The Morgan fingerprint density at radius 1 is 1.24 bits per heavy atom. The summed E-state index contributed by atoms with van der Waals surface area (Å²) in [4.78, 5) is 27.6. The third-order valence-electron chi connectivity index (χ3n) is 3.49. The zero-order chi connectivity index (χ0) is 15.6. The number of hydrogen-bond acceptors (Lipinski definition) is 3. The summed E-state index contributed by atoms with van der Waals surface area (Å²) in [6.45, 7) is 4.42. The monoisotopic (exact) mass is 288 g/mol. The summed E-state index contributed by atoms with van der Waals surface area (Å²) in [5.74, 6) is 0.257. The van der Waals surface area contributed by atoms with Gasteiger partial charge in [-0.15, -0.1) is 0 Å². The van der Waals surface area contributed by atoms with Crippen LogP contribution < -0.4 is 14.5 Å². The number of hydrogen-bond donors (Lipinski definition) is 0. The Morgan fingerprint density at radius 3 is 2.57 bits per heavy atom. The fourth-order valence-corrected chi connectivity index (χ4v) is 2.21. The molecular weight excluding hydrogens is 268 g/mol. The first kappa shape index (κ1) is 15.1. The molecule has 5 nitrogen and oxygen atoms in total. The predicted octanol–water partition coefficient (Wildman–Crippen LogP) is 2.36. The number of ether oxygens (including phenoxy) is 1. The second kappa shape index (κ2) is 5.99. The minimum absolute atomic E-state index is 0.121. The average molecular weight is 288 g/mol. The lowest BCUT2D eigenvalue weighted by Gasteiger charge is -2.23. The topological polar surface area (TPSA) is 49.9 Å². The van der Waals surface area contributed by atoms with E-state index in [0.717, 1.165) is 11.3 Å².